The van der Waals surface area contributed by atoms with Crippen molar-refractivity contribution in [1.82, 2.24) is 14.9 Å². The fraction of sp³-hybridized carbons (Fsp3) is 0.286. The molecule has 7 nitrogen and oxygen atoms in total. The highest BCUT2D eigenvalue weighted by molar-refractivity contribution is 7.13. The van der Waals surface area contributed by atoms with Crippen molar-refractivity contribution in [1.29, 1.82) is 0 Å². The van der Waals surface area contributed by atoms with Crippen LogP contribution in [0, 0.1) is 0 Å². The molecule has 1 saturated heterocycles. The molecule has 0 bridgehead atoms. The summed E-state index contributed by atoms with van der Waals surface area (Å²) in [5, 5.41) is 3.08. The molecule has 0 radical (unpaired) electrons. The average molecular weight is 409 g/mol. The minimum Gasteiger partial charge on any atom is -0.487 e. The number of nitrogens with zero attached hydrogens (tertiary/aromatic N) is 5. The molecule has 8 heteroatoms. The summed E-state index contributed by atoms with van der Waals surface area (Å²) in [5.74, 6) is 1.41. The number of thiazole rings is 1. The second-order valence-electron chi connectivity index (χ2n) is 6.72. The van der Waals surface area contributed by atoms with Crippen LogP contribution < -0.4 is 15.4 Å². The lowest BCUT2D eigenvalue weighted by Crippen LogP contribution is -2.51. The molecule has 1 aliphatic heterocycles. The smallest absolute Gasteiger partial charge is 0.191 e. The number of aromatic nitrogens is 2. The maximum Gasteiger partial charge on any atom is 0.191 e. The van der Waals surface area contributed by atoms with E-state index in [-0.39, 0.29) is 0 Å². The normalized spacial score (nSPS) is 14.8. The van der Waals surface area contributed by atoms with Gasteiger partial charge in [-0.25, -0.2) is 9.98 Å². The van der Waals surface area contributed by atoms with E-state index in [2.05, 4.69) is 24.8 Å². The Morgan fingerprint density at radius 1 is 1.03 bits per heavy atom. The number of hydrogen-bond donors (Lipinski definition) is 1. The fourth-order valence-corrected chi connectivity index (χ4v) is 3.80. The van der Waals surface area contributed by atoms with Gasteiger partial charge in [0.15, 0.2) is 11.1 Å². The number of hydrogen-bond acceptors (Lipinski definition) is 6. The summed E-state index contributed by atoms with van der Waals surface area (Å²) < 4.78 is 5.77. The van der Waals surface area contributed by atoms with E-state index in [0.717, 1.165) is 48.3 Å². The number of piperazine rings is 1. The van der Waals surface area contributed by atoms with E-state index in [1.807, 2.05) is 54.0 Å². The predicted octanol–water partition coefficient (Wildman–Crippen LogP) is 2.75. The number of rotatable bonds is 6. The van der Waals surface area contributed by atoms with Gasteiger partial charge in [0.1, 0.15) is 12.4 Å². The van der Waals surface area contributed by atoms with Crippen molar-refractivity contribution < 1.29 is 4.74 Å². The van der Waals surface area contributed by atoms with Crippen molar-refractivity contribution in [2.75, 3.05) is 31.1 Å². The Hall–Kier alpha value is -3.13. The van der Waals surface area contributed by atoms with Gasteiger partial charge in [0.25, 0.3) is 0 Å². The molecule has 29 heavy (non-hydrogen) atoms. The van der Waals surface area contributed by atoms with Crippen molar-refractivity contribution >= 4 is 22.4 Å². The summed E-state index contributed by atoms with van der Waals surface area (Å²) in [6.07, 6.45) is 3.61. The number of pyridine rings is 1. The highest BCUT2D eigenvalue weighted by Crippen LogP contribution is 2.19. The van der Waals surface area contributed by atoms with Gasteiger partial charge in [0.2, 0.25) is 0 Å². The predicted molar refractivity (Wildman–Crippen MR) is 116 cm³/mol. The highest BCUT2D eigenvalue weighted by atomic mass is 32.1. The standard InChI is InChI=1S/C21H24N6OS/c22-20(26-10-12-27(13-11-26)21-24-9-14-29-21)25-15-17-4-6-19(7-5-17)28-16-18-3-1-2-8-23-18/h1-9,14H,10-13,15-16H2,(H2,22,25). The number of ether oxygens (including phenoxy) is 1. The highest BCUT2D eigenvalue weighted by Gasteiger charge is 2.19. The van der Waals surface area contributed by atoms with Gasteiger partial charge in [-0.3, -0.25) is 4.98 Å². The second kappa shape index (κ2) is 9.38. The minimum atomic E-state index is 0.457. The Bertz CT molecular complexity index is 906. The van der Waals surface area contributed by atoms with Crippen molar-refractivity contribution in [2.24, 2.45) is 10.7 Å². The third-order valence-corrected chi connectivity index (χ3v) is 5.59. The molecule has 0 aliphatic carbocycles. The van der Waals surface area contributed by atoms with Crippen LogP contribution in [-0.2, 0) is 13.2 Å². The topological polar surface area (TPSA) is 79.9 Å². The van der Waals surface area contributed by atoms with Crippen LogP contribution in [0.1, 0.15) is 11.3 Å². The van der Waals surface area contributed by atoms with Gasteiger partial charge in [-0.1, -0.05) is 18.2 Å². The second-order valence-corrected chi connectivity index (χ2v) is 7.59. The Morgan fingerprint density at radius 2 is 1.86 bits per heavy atom. The maximum absolute atomic E-state index is 6.22. The van der Waals surface area contributed by atoms with E-state index in [1.54, 1.807) is 17.5 Å². The van der Waals surface area contributed by atoms with Crippen LogP contribution in [0.5, 0.6) is 5.75 Å². The minimum absolute atomic E-state index is 0.457. The van der Waals surface area contributed by atoms with Crippen molar-refractivity contribution in [3.05, 3.63) is 71.5 Å². The molecule has 3 heterocycles. The summed E-state index contributed by atoms with van der Waals surface area (Å²) in [5.41, 5.74) is 8.22. The van der Waals surface area contributed by atoms with E-state index in [0.29, 0.717) is 19.1 Å². The molecule has 0 spiro atoms. The van der Waals surface area contributed by atoms with E-state index in [9.17, 15) is 0 Å². The van der Waals surface area contributed by atoms with Gasteiger partial charge in [-0.2, -0.15) is 0 Å². The molecule has 0 saturated carbocycles. The van der Waals surface area contributed by atoms with Crippen molar-refractivity contribution in [2.45, 2.75) is 13.2 Å². The van der Waals surface area contributed by atoms with E-state index in [1.165, 1.54) is 0 Å². The van der Waals surface area contributed by atoms with E-state index >= 15 is 0 Å². The average Bonchev–Trinajstić information content (AvgIpc) is 3.33. The molecular weight excluding hydrogens is 384 g/mol. The fourth-order valence-electron chi connectivity index (χ4n) is 3.10. The van der Waals surface area contributed by atoms with Gasteiger partial charge < -0.3 is 20.3 Å². The summed E-state index contributed by atoms with van der Waals surface area (Å²) in [7, 11) is 0. The first-order chi connectivity index (χ1) is 14.3. The van der Waals surface area contributed by atoms with Gasteiger partial charge in [-0.15, -0.1) is 11.3 Å². The number of benzene rings is 1. The number of aliphatic imine (C=N–C) groups is 1. The van der Waals surface area contributed by atoms with Crippen LogP contribution in [0.3, 0.4) is 0 Å². The largest absolute Gasteiger partial charge is 0.487 e. The van der Waals surface area contributed by atoms with Crippen molar-refractivity contribution in [3.8, 4) is 5.75 Å². The monoisotopic (exact) mass is 408 g/mol. The van der Waals surface area contributed by atoms with Crippen LogP contribution >= 0.6 is 11.3 Å². The summed E-state index contributed by atoms with van der Waals surface area (Å²) >= 11 is 1.67. The lowest BCUT2D eigenvalue weighted by atomic mass is 10.2. The Balaban J connectivity index is 1.25. The Kier molecular flexibility index (Phi) is 6.21. The van der Waals surface area contributed by atoms with Crippen LogP contribution in [0.15, 0.2) is 65.2 Å². The molecule has 1 aliphatic rings. The molecule has 2 N–H and O–H groups in total. The van der Waals surface area contributed by atoms with Gasteiger partial charge in [-0.05, 0) is 29.8 Å². The summed E-state index contributed by atoms with van der Waals surface area (Å²) in [6.45, 7) is 4.54. The lowest BCUT2D eigenvalue weighted by Gasteiger charge is -2.35. The van der Waals surface area contributed by atoms with Crippen LogP contribution in [-0.4, -0.2) is 47.0 Å². The molecular formula is C21H24N6OS. The Morgan fingerprint density at radius 3 is 2.55 bits per heavy atom. The molecule has 3 aromatic rings. The molecule has 150 valence electrons. The maximum atomic E-state index is 6.22. The zero-order chi connectivity index (χ0) is 19.9. The van der Waals surface area contributed by atoms with Crippen LogP contribution in [0.4, 0.5) is 5.13 Å². The van der Waals surface area contributed by atoms with Crippen molar-refractivity contribution in [3.63, 3.8) is 0 Å². The molecule has 2 aromatic heterocycles. The summed E-state index contributed by atoms with van der Waals surface area (Å²) in [4.78, 5) is 17.6. The first-order valence-electron chi connectivity index (χ1n) is 9.59. The van der Waals surface area contributed by atoms with Gasteiger partial charge in [0, 0.05) is 44.0 Å². The molecule has 4 rings (SSSR count). The molecule has 1 fully saturated rings. The molecule has 0 atom stereocenters. The molecule has 1 aromatic carbocycles. The quantitative estimate of drug-likeness (QED) is 0.499. The molecule has 0 amide bonds. The third kappa shape index (κ3) is 5.23. The first kappa shape index (κ1) is 19.2. The van der Waals surface area contributed by atoms with E-state index in [4.69, 9.17) is 10.5 Å². The Labute approximate surface area is 174 Å². The lowest BCUT2D eigenvalue weighted by molar-refractivity contribution is 0.301. The zero-order valence-corrected chi connectivity index (χ0v) is 17.0. The first-order valence-corrected chi connectivity index (χ1v) is 10.5. The van der Waals surface area contributed by atoms with E-state index < -0.39 is 0 Å². The van der Waals surface area contributed by atoms with Gasteiger partial charge >= 0.3 is 0 Å². The zero-order valence-electron chi connectivity index (χ0n) is 16.1. The van der Waals surface area contributed by atoms with Gasteiger partial charge in [0.05, 0.1) is 12.2 Å². The van der Waals surface area contributed by atoms with Crippen LogP contribution in [0.25, 0.3) is 0 Å². The third-order valence-electron chi connectivity index (χ3n) is 4.75. The SMILES string of the molecule is NC(=NCc1ccc(OCc2ccccn2)cc1)N1CCN(c2nccs2)CC1. The molecule has 0 unspecified atom stereocenters. The number of guanidine groups is 1. The summed E-state index contributed by atoms with van der Waals surface area (Å²) in [6, 6.07) is 13.7. The number of anilines is 1. The van der Waals surface area contributed by atoms with Crippen LogP contribution in [0.2, 0.25) is 0 Å². The number of nitrogens with two attached hydrogens (primary N) is 1.